The number of carbonyl (C=O) groups is 1. The molecule has 0 bridgehead atoms. The predicted octanol–water partition coefficient (Wildman–Crippen LogP) is 2.67. The number of hydrogen-bond acceptors (Lipinski definition) is 2. The molecule has 0 saturated carbocycles. The van der Waals surface area contributed by atoms with Crippen LogP contribution >= 0.6 is 18.6 Å². The molecule has 0 saturated heterocycles. The van der Waals surface area contributed by atoms with Crippen molar-refractivity contribution in [2.75, 3.05) is 13.2 Å². The van der Waals surface area contributed by atoms with Gasteiger partial charge in [-0.1, -0.05) is 6.92 Å². The third kappa shape index (κ3) is 22.9. The van der Waals surface area contributed by atoms with E-state index in [0.29, 0.717) is 12.2 Å². The fraction of sp³-hybridized carbons (Fsp3) is 0.500. The molecule has 0 rings (SSSR count). The second-order valence-electron chi connectivity index (χ2n) is 2.07. The van der Waals surface area contributed by atoms with Crippen LogP contribution < -0.4 is 0 Å². The second kappa shape index (κ2) is 15.9. The summed E-state index contributed by atoms with van der Waals surface area (Å²) in [6, 6.07) is 0. The van der Waals surface area contributed by atoms with E-state index in [4.69, 9.17) is 23.7 Å². The molecule has 0 aliphatic rings. The number of rotatable bonds is 4. The van der Waals surface area contributed by atoms with Crippen molar-refractivity contribution in [1.82, 2.24) is 0 Å². The summed E-state index contributed by atoms with van der Waals surface area (Å²) in [4.78, 5) is 10.4. The summed E-state index contributed by atoms with van der Waals surface area (Å²) in [6.07, 6.45) is 1.44. The van der Waals surface area contributed by atoms with Gasteiger partial charge in [-0.3, -0.25) is 4.79 Å². The van der Waals surface area contributed by atoms with Gasteiger partial charge in [0, 0.05) is 6.61 Å². The topological polar surface area (TPSA) is 51.4 Å². The summed E-state index contributed by atoms with van der Waals surface area (Å²) in [7, 11) is 9.78. The van der Waals surface area contributed by atoms with Crippen LogP contribution in [0, 0.1) is 7.43 Å². The maximum absolute atomic E-state index is 10.4. The van der Waals surface area contributed by atoms with Crippen molar-refractivity contribution in [3.63, 3.8) is 0 Å². The molecule has 0 aromatic carbocycles. The van der Waals surface area contributed by atoms with Crippen LogP contribution in [0.3, 0.4) is 0 Å². The molecule has 0 unspecified atom stereocenters. The quantitative estimate of drug-likeness (QED) is 0.487. The number of hydrogen-bond donors (Lipinski definition) is 1. The first kappa shape index (κ1) is 20.0. The molecule has 0 amide bonds. The normalized spacial score (nSPS) is 9.07. The number of ketones is 1. The zero-order valence-corrected chi connectivity index (χ0v) is 11.6. The summed E-state index contributed by atoms with van der Waals surface area (Å²) in [6.45, 7) is 3.60. The van der Waals surface area contributed by atoms with Gasteiger partial charge in [0.2, 0.25) is 0 Å². The Morgan fingerprint density at radius 2 is 1.93 bits per heavy atom. The Hall–Kier alpha value is 0.464. The maximum atomic E-state index is 10.4. The molecule has 6 heteroatoms. The minimum absolute atomic E-state index is 0. The molecule has 0 atom stereocenters. The first-order valence-corrected chi connectivity index (χ1v) is 7.81. The van der Waals surface area contributed by atoms with Crippen molar-refractivity contribution >= 4 is 24.4 Å². The van der Waals surface area contributed by atoms with E-state index in [1.54, 1.807) is 6.92 Å². The van der Waals surface area contributed by atoms with E-state index in [-0.39, 0.29) is 19.8 Å². The standard InChI is InChI=1S/C7H13NO2.CH3.2ClH.Ti/c1-6(5-7(2)10)8-3-4-9;;;;/h5,9H,3-4H2,1-2H3,(H,8,10);1H3;2*1H;/q;-1;;;+2/p-3. The molecule has 0 fully saturated rings. The van der Waals surface area contributed by atoms with Crippen molar-refractivity contribution in [1.29, 1.82) is 0 Å². The fourth-order valence-corrected chi connectivity index (χ4v) is 0.566. The van der Waals surface area contributed by atoms with Gasteiger partial charge in [-0.25, -0.2) is 0 Å². The van der Waals surface area contributed by atoms with E-state index in [2.05, 4.69) is 5.32 Å². The average molecular weight is 276 g/mol. The molecule has 0 aromatic heterocycles. The molecule has 0 heterocycles. The molecule has 0 aliphatic heterocycles. The summed E-state index contributed by atoms with van der Waals surface area (Å²) >= 11 is -0.556. The van der Waals surface area contributed by atoms with Crippen LogP contribution in [-0.4, -0.2) is 24.0 Å². The zero-order valence-electron chi connectivity index (χ0n) is 8.55. The van der Waals surface area contributed by atoms with E-state index in [9.17, 15) is 4.79 Å². The summed E-state index contributed by atoms with van der Waals surface area (Å²) in [5.74, 6) is -0.0146. The van der Waals surface area contributed by atoms with Gasteiger partial charge in [-0.2, -0.15) is 5.70 Å². The molecule has 14 heavy (non-hydrogen) atoms. The van der Waals surface area contributed by atoms with Gasteiger partial charge in [0.25, 0.3) is 0 Å². The summed E-state index contributed by atoms with van der Waals surface area (Å²) in [5, 5.41) is 12.2. The predicted molar refractivity (Wildman–Crippen MR) is 57.9 cm³/mol. The summed E-state index contributed by atoms with van der Waals surface area (Å²) < 4.78 is 0. The van der Waals surface area contributed by atoms with Crippen LogP contribution in [0.25, 0.3) is 5.32 Å². The van der Waals surface area contributed by atoms with Crippen LogP contribution in [0.5, 0.6) is 0 Å². The molecule has 0 spiro atoms. The molecule has 84 valence electrons. The van der Waals surface area contributed by atoms with Gasteiger partial charge in [-0.15, -0.1) is 6.54 Å². The van der Waals surface area contributed by atoms with Gasteiger partial charge in [0.15, 0.2) is 5.78 Å². The Labute approximate surface area is 103 Å². The Morgan fingerprint density at radius 1 is 1.50 bits per heavy atom. The van der Waals surface area contributed by atoms with Crippen molar-refractivity contribution in [2.45, 2.75) is 13.8 Å². The van der Waals surface area contributed by atoms with Crippen LogP contribution in [0.2, 0.25) is 0 Å². The molecule has 3 nitrogen and oxygen atoms in total. The monoisotopic (exact) mass is 275 g/mol. The Balaban J connectivity index is -0.000000267. The van der Waals surface area contributed by atoms with Crippen molar-refractivity contribution in [3.05, 3.63) is 24.5 Å². The number of nitrogens with zero attached hydrogens (tertiary/aromatic N) is 1. The number of halogens is 2. The Morgan fingerprint density at radius 3 is 2.21 bits per heavy atom. The number of carbonyl (C=O) groups excluding carboxylic acids is 1. The van der Waals surface area contributed by atoms with Gasteiger partial charge in [0.05, 0.1) is 0 Å². The van der Waals surface area contributed by atoms with E-state index in [1.165, 1.54) is 13.0 Å². The molecule has 0 radical (unpaired) electrons. The SMILES string of the molecule is CC(=O)/C=C(/C)[N-]CCO.[CH3-].[Cl][Ti][Cl]. The first-order valence-electron chi connectivity index (χ1n) is 3.52. The molecule has 0 aromatic rings. The van der Waals surface area contributed by atoms with Crippen LogP contribution in [0.1, 0.15) is 13.8 Å². The van der Waals surface area contributed by atoms with Gasteiger partial charge >= 0.3 is 35.6 Å². The van der Waals surface area contributed by atoms with Crippen molar-refractivity contribution < 1.29 is 26.9 Å². The third-order valence-electron chi connectivity index (χ3n) is 0.873. The van der Waals surface area contributed by atoms with E-state index < -0.39 is 17.0 Å². The van der Waals surface area contributed by atoms with Crippen molar-refractivity contribution in [2.24, 2.45) is 0 Å². The van der Waals surface area contributed by atoms with Gasteiger partial charge in [0.1, 0.15) is 0 Å². The van der Waals surface area contributed by atoms with Crippen molar-refractivity contribution in [3.8, 4) is 0 Å². The van der Waals surface area contributed by atoms with Crippen LogP contribution in [-0.2, 0) is 21.8 Å². The number of aliphatic hydroxyl groups is 1. The number of allylic oxidation sites excluding steroid dienone is 2. The van der Waals surface area contributed by atoms with E-state index in [1.807, 2.05) is 0 Å². The summed E-state index contributed by atoms with van der Waals surface area (Å²) in [5.41, 5.74) is 0.668. The Kier molecular flexibility index (Phi) is 22.7. The average Bonchev–Trinajstić information content (AvgIpc) is 2.01. The van der Waals surface area contributed by atoms with E-state index in [0.717, 1.165) is 0 Å². The molecule has 0 aliphatic carbocycles. The third-order valence-corrected chi connectivity index (χ3v) is 0.873. The second-order valence-corrected chi connectivity index (χ2v) is 4.65. The van der Waals surface area contributed by atoms with Gasteiger partial charge in [-0.05, 0) is 13.0 Å². The fourth-order valence-electron chi connectivity index (χ4n) is 0.566. The molecule has 1 N–H and O–H groups in total. The minimum atomic E-state index is -0.556. The molecular formula is C8H15Cl2NO2Ti-2. The van der Waals surface area contributed by atoms with Gasteiger partial charge < -0.3 is 17.8 Å². The number of aliphatic hydroxyl groups excluding tert-OH is 1. The van der Waals surface area contributed by atoms with Crippen LogP contribution in [0.4, 0.5) is 0 Å². The molecular weight excluding hydrogens is 261 g/mol. The Bertz CT molecular complexity index is 165. The van der Waals surface area contributed by atoms with E-state index >= 15 is 0 Å². The first-order chi connectivity index (χ1) is 6.08. The zero-order chi connectivity index (χ0) is 10.7. The van der Waals surface area contributed by atoms with Crippen LogP contribution in [0.15, 0.2) is 11.8 Å².